The lowest BCUT2D eigenvalue weighted by molar-refractivity contribution is 0.838. The minimum absolute atomic E-state index is 0.125. The van der Waals surface area contributed by atoms with Crippen molar-refractivity contribution < 1.29 is 0 Å². The highest BCUT2D eigenvalue weighted by Gasteiger charge is 1.99. The van der Waals surface area contributed by atoms with Crippen molar-refractivity contribution in [3.63, 3.8) is 0 Å². The fraction of sp³-hybridized carbons (Fsp3) is 0.286. The van der Waals surface area contributed by atoms with Crippen LogP contribution in [0.15, 0.2) is 24.3 Å². The molecule has 1 aliphatic carbocycles. The minimum atomic E-state index is 0.125. The van der Waals surface area contributed by atoms with Crippen molar-refractivity contribution in [1.29, 1.82) is 5.26 Å². The van der Waals surface area contributed by atoms with Crippen molar-refractivity contribution in [2.45, 2.75) is 6.42 Å². The van der Waals surface area contributed by atoms with Gasteiger partial charge in [0.15, 0.2) is 0 Å². The van der Waals surface area contributed by atoms with Gasteiger partial charge in [-0.1, -0.05) is 24.3 Å². The van der Waals surface area contributed by atoms with Gasteiger partial charge in [0.2, 0.25) is 0 Å². The molecule has 1 nitrogen and oxygen atoms in total. The van der Waals surface area contributed by atoms with Crippen molar-refractivity contribution in [2.75, 3.05) is 0 Å². The number of allylic oxidation sites excluding steroid dienone is 4. The van der Waals surface area contributed by atoms with E-state index in [1.165, 1.54) is 0 Å². The number of nitriles is 1. The molecular weight excluding hydrogens is 98.1 g/mol. The van der Waals surface area contributed by atoms with Crippen LogP contribution in [0.3, 0.4) is 0 Å². The lowest BCUT2D eigenvalue weighted by Gasteiger charge is -1.99. The van der Waals surface area contributed by atoms with Gasteiger partial charge in [-0.3, -0.25) is 0 Å². The summed E-state index contributed by atoms with van der Waals surface area (Å²) in [6, 6.07) is 2.17. The highest BCUT2D eigenvalue weighted by Crippen LogP contribution is 2.08. The van der Waals surface area contributed by atoms with Gasteiger partial charge in [-0.2, -0.15) is 5.26 Å². The van der Waals surface area contributed by atoms with E-state index in [0.29, 0.717) is 0 Å². The summed E-state index contributed by atoms with van der Waals surface area (Å²) < 4.78 is 0. The molecule has 0 radical (unpaired) electrons. The summed E-state index contributed by atoms with van der Waals surface area (Å²) in [5.41, 5.74) is 0. The van der Waals surface area contributed by atoms with Gasteiger partial charge in [0, 0.05) is 0 Å². The molecule has 0 fully saturated rings. The molecule has 0 heterocycles. The van der Waals surface area contributed by atoms with Crippen LogP contribution in [0.25, 0.3) is 0 Å². The molecule has 0 amide bonds. The van der Waals surface area contributed by atoms with Gasteiger partial charge < -0.3 is 0 Å². The Hall–Kier alpha value is -1.03. The predicted molar refractivity (Wildman–Crippen MR) is 32.0 cm³/mol. The average Bonchev–Trinajstić information content (AvgIpc) is 1.90. The first-order chi connectivity index (χ1) is 3.93. The standard InChI is InChI=1S/C7H7N/c8-6-7-4-2-1-3-5-7/h1-4,7H,5H2/t7-/m0/s1. The first-order valence-electron chi connectivity index (χ1n) is 2.66. The van der Waals surface area contributed by atoms with Crippen molar-refractivity contribution in [1.82, 2.24) is 0 Å². The molecule has 1 atom stereocenters. The Morgan fingerprint density at radius 3 is 2.75 bits per heavy atom. The van der Waals surface area contributed by atoms with E-state index >= 15 is 0 Å². The molecule has 0 spiro atoms. The molecule has 0 aromatic rings. The van der Waals surface area contributed by atoms with Crippen LogP contribution in [0.2, 0.25) is 0 Å². The Morgan fingerprint density at radius 2 is 2.38 bits per heavy atom. The molecule has 8 heavy (non-hydrogen) atoms. The molecule has 0 aromatic heterocycles. The summed E-state index contributed by atoms with van der Waals surface area (Å²) >= 11 is 0. The Kier molecular flexibility index (Phi) is 1.48. The molecule has 1 rings (SSSR count). The largest absolute Gasteiger partial charge is 0.198 e. The van der Waals surface area contributed by atoms with Crippen LogP contribution in [0, 0.1) is 17.2 Å². The molecule has 0 unspecified atom stereocenters. The number of hydrogen-bond acceptors (Lipinski definition) is 1. The molecule has 1 heteroatoms. The zero-order valence-electron chi connectivity index (χ0n) is 4.54. The van der Waals surface area contributed by atoms with Gasteiger partial charge >= 0.3 is 0 Å². The third-order valence-corrected chi connectivity index (χ3v) is 1.15. The van der Waals surface area contributed by atoms with Gasteiger partial charge in [0.1, 0.15) is 0 Å². The molecule has 0 saturated heterocycles. The Labute approximate surface area is 48.9 Å². The molecule has 0 saturated carbocycles. The summed E-state index contributed by atoms with van der Waals surface area (Å²) in [7, 11) is 0. The number of hydrogen-bond donors (Lipinski definition) is 0. The summed E-state index contributed by atoms with van der Waals surface area (Å²) in [4.78, 5) is 0. The third-order valence-electron chi connectivity index (χ3n) is 1.15. The Morgan fingerprint density at radius 1 is 1.50 bits per heavy atom. The van der Waals surface area contributed by atoms with Gasteiger partial charge in [0.25, 0.3) is 0 Å². The lowest BCUT2D eigenvalue weighted by atomic mass is 10.0. The van der Waals surface area contributed by atoms with Gasteiger partial charge in [-0.05, 0) is 6.42 Å². The van der Waals surface area contributed by atoms with E-state index in [1.807, 2.05) is 24.3 Å². The second kappa shape index (κ2) is 2.32. The minimum Gasteiger partial charge on any atom is -0.198 e. The van der Waals surface area contributed by atoms with Crippen LogP contribution in [0.1, 0.15) is 6.42 Å². The second-order valence-corrected chi connectivity index (χ2v) is 1.78. The van der Waals surface area contributed by atoms with Gasteiger partial charge in [0.05, 0.1) is 12.0 Å². The zero-order valence-corrected chi connectivity index (χ0v) is 4.54. The predicted octanol–water partition coefficient (Wildman–Crippen LogP) is 1.64. The van der Waals surface area contributed by atoms with Crippen molar-refractivity contribution >= 4 is 0 Å². The maximum atomic E-state index is 8.36. The van der Waals surface area contributed by atoms with Crippen molar-refractivity contribution in [2.24, 2.45) is 5.92 Å². The number of nitrogens with zero attached hydrogens (tertiary/aromatic N) is 1. The molecule has 0 aliphatic heterocycles. The van der Waals surface area contributed by atoms with E-state index in [1.54, 1.807) is 0 Å². The fourth-order valence-corrected chi connectivity index (χ4v) is 0.676. The SMILES string of the molecule is N#C[C@H]1C=CC=CC1. The van der Waals surface area contributed by atoms with E-state index < -0.39 is 0 Å². The molecule has 0 aromatic carbocycles. The maximum Gasteiger partial charge on any atom is 0.0700 e. The molecular formula is C7H7N. The van der Waals surface area contributed by atoms with Crippen LogP contribution < -0.4 is 0 Å². The highest BCUT2D eigenvalue weighted by molar-refractivity contribution is 5.15. The number of rotatable bonds is 0. The first kappa shape index (κ1) is 5.11. The van der Waals surface area contributed by atoms with Crippen LogP contribution in [-0.4, -0.2) is 0 Å². The van der Waals surface area contributed by atoms with Crippen molar-refractivity contribution in [3.8, 4) is 6.07 Å². The normalized spacial score (nSPS) is 25.1. The van der Waals surface area contributed by atoms with Crippen molar-refractivity contribution in [3.05, 3.63) is 24.3 Å². The molecule has 1 aliphatic rings. The Bertz CT molecular complexity index is 160. The van der Waals surface area contributed by atoms with E-state index in [2.05, 4.69) is 6.07 Å². The van der Waals surface area contributed by atoms with Gasteiger partial charge in [-0.25, -0.2) is 0 Å². The van der Waals surface area contributed by atoms with Crippen LogP contribution in [0.4, 0.5) is 0 Å². The van der Waals surface area contributed by atoms with Crippen LogP contribution in [0.5, 0.6) is 0 Å². The summed E-state index contributed by atoms with van der Waals surface area (Å²) in [6.45, 7) is 0. The highest BCUT2D eigenvalue weighted by atomic mass is 14.3. The van der Waals surface area contributed by atoms with Gasteiger partial charge in [-0.15, -0.1) is 0 Å². The summed E-state index contributed by atoms with van der Waals surface area (Å²) in [5.74, 6) is 0.125. The average molecular weight is 105 g/mol. The zero-order chi connectivity index (χ0) is 5.82. The monoisotopic (exact) mass is 105 g/mol. The Balaban J connectivity index is 2.55. The lowest BCUT2D eigenvalue weighted by Crippen LogP contribution is -1.90. The van der Waals surface area contributed by atoms with E-state index in [-0.39, 0.29) is 5.92 Å². The second-order valence-electron chi connectivity index (χ2n) is 1.78. The molecule has 0 bridgehead atoms. The van der Waals surface area contributed by atoms with Crippen LogP contribution >= 0.6 is 0 Å². The molecule has 0 N–H and O–H groups in total. The van der Waals surface area contributed by atoms with E-state index in [9.17, 15) is 0 Å². The smallest absolute Gasteiger partial charge is 0.0700 e. The third kappa shape index (κ3) is 0.974. The van der Waals surface area contributed by atoms with E-state index in [4.69, 9.17) is 5.26 Å². The van der Waals surface area contributed by atoms with Crippen LogP contribution in [-0.2, 0) is 0 Å². The summed E-state index contributed by atoms with van der Waals surface area (Å²) in [5, 5.41) is 8.36. The van der Waals surface area contributed by atoms with E-state index in [0.717, 1.165) is 6.42 Å². The fourth-order valence-electron chi connectivity index (χ4n) is 0.676. The molecule has 40 valence electrons. The first-order valence-corrected chi connectivity index (χ1v) is 2.66. The quantitative estimate of drug-likeness (QED) is 0.459. The maximum absolute atomic E-state index is 8.36. The topological polar surface area (TPSA) is 23.8 Å². The summed E-state index contributed by atoms with van der Waals surface area (Å²) in [6.07, 6.45) is 8.69.